The van der Waals surface area contributed by atoms with Gasteiger partial charge in [-0.05, 0) is 36.7 Å². The molecule has 1 heterocycles. The average Bonchev–Trinajstić information content (AvgIpc) is 2.17. The largest absolute Gasteiger partial charge is 0.413 e. The molecular formula is C10H12BrN3O4. The molecule has 0 aromatic carbocycles. The van der Waals surface area contributed by atoms with Gasteiger partial charge in [-0.2, -0.15) is 0 Å². The van der Waals surface area contributed by atoms with Crippen molar-refractivity contribution in [3.8, 4) is 5.75 Å². The van der Waals surface area contributed by atoms with E-state index in [-0.39, 0.29) is 10.4 Å². The maximum atomic E-state index is 11.5. The number of ether oxygens (including phenoxy) is 1. The minimum absolute atomic E-state index is 0.204. The second-order valence-electron chi connectivity index (χ2n) is 4.48. The Morgan fingerprint density at radius 3 is 2.61 bits per heavy atom. The van der Waals surface area contributed by atoms with E-state index in [2.05, 4.69) is 26.2 Å². The van der Waals surface area contributed by atoms with Crippen molar-refractivity contribution < 1.29 is 14.5 Å². The van der Waals surface area contributed by atoms with Gasteiger partial charge in [-0.1, -0.05) is 0 Å². The fourth-order valence-corrected chi connectivity index (χ4v) is 1.35. The smallest absolute Gasteiger partial charge is 0.401 e. The quantitative estimate of drug-likeness (QED) is 0.514. The molecule has 0 fully saturated rings. The zero-order chi connectivity index (χ0) is 13.9. The van der Waals surface area contributed by atoms with Crippen LogP contribution in [0.25, 0.3) is 0 Å². The summed E-state index contributed by atoms with van der Waals surface area (Å²) >= 11 is 3.01. The van der Waals surface area contributed by atoms with E-state index in [4.69, 9.17) is 4.74 Å². The lowest BCUT2D eigenvalue weighted by molar-refractivity contribution is -0.390. The Bertz CT molecular complexity index is 485. The maximum Gasteiger partial charge on any atom is 0.413 e. The first-order chi connectivity index (χ1) is 8.19. The molecule has 0 atom stereocenters. The highest BCUT2D eigenvalue weighted by atomic mass is 79.9. The molecule has 7 nitrogen and oxygen atoms in total. The summed E-state index contributed by atoms with van der Waals surface area (Å²) in [4.78, 5) is 25.2. The molecule has 0 saturated heterocycles. The molecule has 0 saturated carbocycles. The molecule has 98 valence electrons. The fraction of sp³-hybridized carbons (Fsp3) is 0.400. The summed E-state index contributed by atoms with van der Waals surface area (Å²) < 4.78 is 5.15. The van der Waals surface area contributed by atoms with Gasteiger partial charge in [-0.15, -0.1) is 0 Å². The molecule has 1 N–H and O–H groups in total. The van der Waals surface area contributed by atoms with Crippen molar-refractivity contribution in [2.75, 3.05) is 0 Å². The summed E-state index contributed by atoms with van der Waals surface area (Å²) in [5, 5.41) is 13.3. The molecule has 0 aliphatic rings. The number of nitrogens with zero attached hydrogens (tertiary/aromatic N) is 2. The van der Waals surface area contributed by atoms with Crippen molar-refractivity contribution in [3.63, 3.8) is 0 Å². The molecule has 0 spiro atoms. The van der Waals surface area contributed by atoms with E-state index in [9.17, 15) is 14.9 Å². The SMILES string of the molecule is CC(C)(C)NC(=O)Oc1ccc(Br)nc1[N+](=O)[O-]. The van der Waals surface area contributed by atoms with E-state index in [0.29, 0.717) is 0 Å². The van der Waals surface area contributed by atoms with Crippen LogP contribution in [-0.4, -0.2) is 21.5 Å². The lowest BCUT2D eigenvalue weighted by Crippen LogP contribution is -2.42. The number of carbonyl (C=O) groups is 1. The monoisotopic (exact) mass is 317 g/mol. The highest BCUT2D eigenvalue weighted by Gasteiger charge is 2.22. The molecule has 1 amide bonds. The van der Waals surface area contributed by atoms with Gasteiger partial charge >= 0.3 is 11.9 Å². The number of carbonyl (C=O) groups excluding carboxylic acids is 1. The number of pyridine rings is 1. The molecule has 0 unspecified atom stereocenters. The molecule has 1 aromatic heterocycles. The van der Waals surface area contributed by atoms with Gasteiger partial charge in [-0.25, -0.2) is 4.79 Å². The first-order valence-electron chi connectivity index (χ1n) is 5.00. The average molecular weight is 318 g/mol. The number of nitro groups is 1. The third kappa shape index (κ3) is 4.28. The molecule has 0 aliphatic heterocycles. The number of aromatic nitrogens is 1. The van der Waals surface area contributed by atoms with Crippen molar-refractivity contribution >= 4 is 27.8 Å². The predicted octanol–water partition coefficient (Wildman–Crippen LogP) is 2.64. The Morgan fingerprint density at radius 1 is 1.50 bits per heavy atom. The van der Waals surface area contributed by atoms with Crippen LogP contribution in [0.5, 0.6) is 5.75 Å². The number of hydrogen-bond acceptors (Lipinski definition) is 5. The van der Waals surface area contributed by atoms with Gasteiger partial charge < -0.3 is 20.2 Å². The zero-order valence-electron chi connectivity index (χ0n) is 10.1. The number of rotatable bonds is 2. The summed E-state index contributed by atoms with van der Waals surface area (Å²) in [6.07, 6.45) is -0.769. The van der Waals surface area contributed by atoms with Crippen LogP contribution >= 0.6 is 15.9 Å². The second-order valence-corrected chi connectivity index (χ2v) is 5.29. The van der Waals surface area contributed by atoms with Crippen LogP contribution < -0.4 is 10.1 Å². The van der Waals surface area contributed by atoms with Crippen LogP contribution in [0.15, 0.2) is 16.7 Å². The van der Waals surface area contributed by atoms with Crippen molar-refractivity contribution in [3.05, 3.63) is 26.9 Å². The molecule has 0 aliphatic carbocycles. The van der Waals surface area contributed by atoms with Crippen LogP contribution in [0.2, 0.25) is 0 Å². The van der Waals surface area contributed by atoms with Crippen LogP contribution in [-0.2, 0) is 0 Å². The van der Waals surface area contributed by atoms with Crippen LogP contribution in [0.1, 0.15) is 20.8 Å². The number of amides is 1. The Morgan fingerprint density at radius 2 is 2.11 bits per heavy atom. The maximum absolute atomic E-state index is 11.5. The van der Waals surface area contributed by atoms with E-state index in [1.54, 1.807) is 20.8 Å². The Labute approximate surface area is 112 Å². The van der Waals surface area contributed by atoms with Gasteiger partial charge in [0.25, 0.3) is 0 Å². The van der Waals surface area contributed by atoms with E-state index in [1.807, 2.05) is 0 Å². The van der Waals surface area contributed by atoms with Crippen molar-refractivity contribution in [1.29, 1.82) is 0 Å². The van der Waals surface area contributed by atoms with Crippen LogP contribution in [0, 0.1) is 10.1 Å². The van der Waals surface area contributed by atoms with Crippen LogP contribution in [0.4, 0.5) is 10.6 Å². The van der Waals surface area contributed by atoms with Gasteiger partial charge in [0.2, 0.25) is 10.4 Å². The zero-order valence-corrected chi connectivity index (χ0v) is 11.6. The van der Waals surface area contributed by atoms with E-state index >= 15 is 0 Å². The highest BCUT2D eigenvalue weighted by molar-refractivity contribution is 9.10. The standard InChI is InChI=1S/C10H12BrN3O4/c1-10(2,3)13-9(15)18-6-4-5-7(11)12-8(6)14(16)17/h4-5H,1-3H3,(H,13,15). The Kier molecular flexibility index (Phi) is 4.23. The van der Waals surface area contributed by atoms with Gasteiger partial charge in [0.15, 0.2) is 0 Å². The Balaban J connectivity index is 2.91. The van der Waals surface area contributed by atoms with Crippen molar-refractivity contribution in [2.45, 2.75) is 26.3 Å². The summed E-state index contributed by atoms with van der Waals surface area (Å²) in [6.45, 7) is 5.30. The predicted molar refractivity (Wildman–Crippen MR) is 67.5 cm³/mol. The molecule has 18 heavy (non-hydrogen) atoms. The van der Waals surface area contributed by atoms with Crippen LogP contribution in [0.3, 0.4) is 0 Å². The summed E-state index contributed by atoms with van der Waals surface area (Å²) in [6, 6.07) is 2.75. The summed E-state index contributed by atoms with van der Waals surface area (Å²) in [7, 11) is 0. The Hall–Kier alpha value is -1.70. The number of hydrogen-bond donors (Lipinski definition) is 1. The first-order valence-corrected chi connectivity index (χ1v) is 5.79. The van der Waals surface area contributed by atoms with E-state index in [0.717, 1.165) is 0 Å². The summed E-state index contributed by atoms with van der Waals surface area (Å²) in [5.74, 6) is -0.724. The molecular weight excluding hydrogens is 306 g/mol. The van der Waals surface area contributed by atoms with Crippen molar-refractivity contribution in [1.82, 2.24) is 10.3 Å². The van der Waals surface area contributed by atoms with E-state index in [1.165, 1.54) is 12.1 Å². The first kappa shape index (κ1) is 14.4. The number of halogens is 1. The molecule has 1 rings (SSSR count). The minimum atomic E-state index is -0.769. The van der Waals surface area contributed by atoms with Gasteiger partial charge in [0, 0.05) is 27.5 Å². The third-order valence-corrected chi connectivity index (χ3v) is 2.10. The lowest BCUT2D eigenvalue weighted by Gasteiger charge is -2.19. The van der Waals surface area contributed by atoms with Gasteiger partial charge in [-0.3, -0.25) is 0 Å². The van der Waals surface area contributed by atoms with Gasteiger partial charge in [0.05, 0.1) is 0 Å². The lowest BCUT2D eigenvalue weighted by atomic mass is 10.1. The molecule has 8 heteroatoms. The van der Waals surface area contributed by atoms with Gasteiger partial charge in [0.1, 0.15) is 0 Å². The minimum Gasteiger partial charge on any atom is -0.401 e. The third-order valence-electron chi connectivity index (χ3n) is 1.66. The molecule has 0 bridgehead atoms. The second kappa shape index (κ2) is 5.30. The normalized spacial score (nSPS) is 10.9. The molecule has 0 radical (unpaired) electrons. The van der Waals surface area contributed by atoms with E-state index < -0.39 is 22.4 Å². The fourth-order valence-electron chi connectivity index (χ4n) is 1.05. The number of nitrogens with one attached hydrogen (secondary N) is 1. The molecule has 1 aromatic rings. The summed E-state index contributed by atoms with van der Waals surface area (Å²) in [5.41, 5.74) is -0.491. The highest BCUT2D eigenvalue weighted by Crippen LogP contribution is 2.26. The topological polar surface area (TPSA) is 94.4 Å². The van der Waals surface area contributed by atoms with Crippen molar-refractivity contribution in [2.24, 2.45) is 0 Å².